The number of hydrogen-bond donors (Lipinski definition) is 1. The Kier molecular flexibility index (Phi) is 5.83. The zero-order valence-electron chi connectivity index (χ0n) is 19.4. The van der Waals surface area contributed by atoms with E-state index in [-0.39, 0.29) is 28.4 Å². The number of likely N-dealkylation sites (tertiary alicyclic amines) is 1. The van der Waals surface area contributed by atoms with Gasteiger partial charge in [0.2, 0.25) is 0 Å². The Balaban J connectivity index is 1.76. The Labute approximate surface area is 201 Å². The molecule has 2 aromatic carbocycles. The molecule has 178 valence electrons. The maximum atomic E-state index is 15.1. The van der Waals surface area contributed by atoms with Crippen LogP contribution in [0.2, 0.25) is 0 Å². The predicted octanol–water partition coefficient (Wildman–Crippen LogP) is 5.04. The number of rotatable bonds is 4. The fraction of sp³-hybridized carbons (Fsp3) is 0.259. The number of pyridine rings is 1. The molecule has 35 heavy (non-hydrogen) atoms. The Morgan fingerprint density at radius 1 is 1.14 bits per heavy atom. The molecule has 8 heteroatoms. The third kappa shape index (κ3) is 3.97. The van der Waals surface area contributed by atoms with Crippen molar-refractivity contribution in [2.45, 2.75) is 25.9 Å². The molecule has 0 unspecified atom stereocenters. The summed E-state index contributed by atoms with van der Waals surface area (Å²) in [5.74, 6) is -2.64. The Morgan fingerprint density at radius 2 is 1.94 bits per heavy atom. The first-order chi connectivity index (χ1) is 16.8. The number of hydrogen-bond acceptors (Lipinski definition) is 4. The van der Waals surface area contributed by atoms with E-state index in [1.807, 2.05) is 23.8 Å². The molecule has 1 aliphatic rings. The van der Waals surface area contributed by atoms with Gasteiger partial charge in [0.1, 0.15) is 11.9 Å². The minimum Gasteiger partial charge on any atom is -0.345 e. The molecular formula is C27H24F3N5. The molecule has 0 saturated carbocycles. The van der Waals surface area contributed by atoms with Crippen LogP contribution < -0.4 is 5.73 Å². The zero-order valence-corrected chi connectivity index (χ0v) is 19.4. The smallest absolute Gasteiger partial charge is 0.168 e. The van der Waals surface area contributed by atoms with Gasteiger partial charge in [-0.3, -0.25) is 9.88 Å². The van der Waals surface area contributed by atoms with Crippen molar-refractivity contribution in [1.29, 1.82) is 5.26 Å². The van der Waals surface area contributed by atoms with Crippen LogP contribution in [0.4, 0.5) is 13.2 Å². The minimum absolute atomic E-state index is 0.00862. The highest BCUT2D eigenvalue weighted by molar-refractivity contribution is 6.02. The molecule has 3 heterocycles. The van der Waals surface area contributed by atoms with Crippen LogP contribution in [0.15, 0.2) is 42.6 Å². The first-order valence-electron chi connectivity index (χ1n) is 11.4. The lowest BCUT2D eigenvalue weighted by Gasteiger charge is -2.15. The highest BCUT2D eigenvalue weighted by Gasteiger charge is 2.24. The number of fused-ring (bicyclic) bond motifs is 1. The van der Waals surface area contributed by atoms with E-state index in [0.717, 1.165) is 36.1 Å². The average Bonchev–Trinajstić information content (AvgIpc) is 3.39. The van der Waals surface area contributed by atoms with E-state index in [2.05, 4.69) is 9.88 Å². The summed E-state index contributed by atoms with van der Waals surface area (Å²) in [4.78, 5) is 6.79. The monoisotopic (exact) mass is 475 g/mol. The first kappa shape index (κ1) is 23.1. The second kappa shape index (κ2) is 8.84. The van der Waals surface area contributed by atoms with Crippen molar-refractivity contribution in [1.82, 2.24) is 14.5 Å². The molecule has 2 aromatic heterocycles. The van der Waals surface area contributed by atoms with Gasteiger partial charge in [-0.05, 0) is 48.7 Å². The largest absolute Gasteiger partial charge is 0.345 e. The summed E-state index contributed by atoms with van der Waals surface area (Å²) >= 11 is 0. The summed E-state index contributed by atoms with van der Waals surface area (Å²) in [6.45, 7) is 3.85. The molecule has 0 bridgehead atoms. The third-order valence-corrected chi connectivity index (χ3v) is 6.80. The molecule has 0 amide bonds. The van der Waals surface area contributed by atoms with E-state index in [4.69, 9.17) is 11.0 Å². The molecule has 1 saturated heterocycles. The number of benzene rings is 2. The van der Waals surface area contributed by atoms with Gasteiger partial charge in [-0.2, -0.15) is 5.26 Å². The van der Waals surface area contributed by atoms with Crippen LogP contribution in [-0.4, -0.2) is 33.6 Å². The van der Waals surface area contributed by atoms with Gasteiger partial charge in [0.25, 0.3) is 0 Å². The molecule has 1 fully saturated rings. The number of nitrogens with zero attached hydrogens (tertiary/aromatic N) is 4. The van der Waals surface area contributed by atoms with Crippen molar-refractivity contribution in [3.8, 4) is 28.5 Å². The van der Waals surface area contributed by atoms with Crippen molar-refractivity contribution >= 4 is 10.9 Å². The second-order valence-electron chi connectivity index (χ2n) is 9.12. The lowest BCUT2D eigenvalue weighted by Crippen LogP contribution is -2.26. The fourth-order valence-corrected chi connectivity index (χ4v) is 4.82. The maximum Gasteiger partial charge on any atom is 0.168 e. The van der Waals surface area contributed by atoms with Crippen LogP contribution in [0, 0.1) is 35.7 Å². The molecule has 5 rings (SSSR count). The van der Waals surface area contributed by atoms with Gasteiger partial charge < -0.3 is 10.3 Å². The van der Waals surface area contributed by atoms with Crippen molar-refractivity contribution < 1.29 is 13.2 Å². The van der Waals surface area contributed by atoms with E-state index in [9.17, 15) is 8.78 Å². The van der Waals surface area contributed by atoms with Crippen LogP contribution in [0.5, 0.6) is 0 Å². The normalized spacial score (nSPS) is 16.2. The van der Waals surface area contributed by atoms with E-state index < -0.39 is 17.5 Å². The fourth-order valence-electron chi connectivity index (χ4n) is 4.82. The van der Waals surface area contributed by atoms with Crippen molar-refractivity contribution in [2.75, 3.05) is 13.1 Å². The van der Waals surface area contributed by atoms with Crippen molar-refractivity contribution in [3.63, 3.8) is 0 Å². The number of halogens is 3. The maximum absolute atomic E-state index is 15.1. The van der Waals surface area contributed by atoms with E-state index in [1.54, 1.807) is 12.3 Å². The molecule has 0 radical (unpaired) electrons. The van der Waals surface area contributed by atoms with Gasteiger partial charge in [0.15, 0.2) is 11.6 Å². The Hall–Kier alpha value is -3.67. The summed E-state index contributed by atoms with van der Waals surface area (Å²) in [7, 11) is 1.92. The van der Waals surface area contributed by atoms with Crippen LogP contribution in [0.25, 0.3) is 33.3 Å². The molecule has 1 aliphatic heterocycles. The number of aryl methyl sites for hydroxylation is 2. The summed E-state index contributed by atoms with van der Waals surface area (Å²) < 4.78 is 46.2. The van der Waals surface area contributed by atoms with Crippen molar-refractivity contribution in [2.24, 2.45) is 12.8 Å². The molecular weight excluding hydrogens is 451 g/mol. The first-order valence-corrected chi connectivity index (χ1v) is 11.4. The van der Waals surface area contributed by atoms with Crippen LogP contribution in [-0.2, 0) is 13.6 Å². The van der Waals surface area contributed by atoms with Gasteiger partial charge in [0.05, 0.1) is 23.0 Å². The summed E-state index contributed by atoms with van der Waals surface area (Å²) in [6.07, 6.45) is 2.56. The standard InChI is InChI=1S/C27H24F3N5/c1-15-3-6-20(26(30)25(15)29)27-24(16-4-5-17(11-31)22(28)9-16)21-10-19(34(2)23(21)12-33-27)14-35-8-7-18(32)13-35/h3-6,9-10,12,18H,7-8,13-14,32H2,1-2H3/t18-/m0/s1. The lowest BCUT2D eigenvalue weighted by atomic mass is 9.94. The highest BCUT2D eigenvalue weighted by atomic mass is 19.2. The van der Waals surface area contributed by atoms with Gasteiger partial charge in [-0.1, -0.05) is 12.1 Å². The average molecular weight is 476 g/mol. The minimum atomic E-state index is -1.01. The van der Waals surface area contributed by atoms with Gasteiger partial charge in [-0.15, -0.1) is 0 Å². The number of aromatic nitrogens is 2. The van der Waals surface area contributed by atoms with Gasteiger partial charge in [0, 0.05) is 54.9 Å². The summed E-state index contributed by atoms with van der Waals surface area (Å²) in [6, 6.07) is 11.2. The molecule has 0 aliphatic carbocycles. The SMILES string of the molecule is Cc1ccc(-c2ncc3c(cc(CN4CC[C@H](N)C4)n3C)c2-c2ccc(C#N)c(F)c2)c(F)c1F. The van der Waals surface area contributed by atoms with E-state index in [0.29, 0.717) is 17.7 Å². The molecule has 0 spiro atoms. The van der Waals surface area contributed by atoms with Crippen LogP contribution in [0.1, 0.15) is 23.2 Å². The molecule has 1 atom stereocenters. The predicted molar refractivity (Wildman–Crippen MR) is 129 cm³/mol. The molecule has 5 nitrogen and oxygen atoms in total. The highest BCUT2D eigenvalue weighted by Crippen LogP contribution is 2.40. The number of nitrogens with two attached hydrogens (primary N) is 1. The third-order valence-electron chi connectivity index (χ3n) is 6.80. The van der Waals surface area contributed by atoms with E-state index >= 15 is 4.39 Å². The van der Waals surface area contributed by atoms with Crippen LogP contribution >= 0.6 is 0 Å². The Morgan fingerprint density at radius 3 is 2.63 bits per heavy atom. The Bertz CT molecular complexity index is 1500. The van der Waals surface area contributed by atoms with Gasteiger partial charge in [-0.25, -0.2) is 13.2 Å². The lowest BCUT2D eigenvalue weighted by molar-refractivity contribution is 0.319. The molecule has 2 N–H and O–H groups in total. The molecule has 4 aromatic rings. The quantitative estimate of drug-likeness (QED) is 0.449. The van der Waals surface area contributed by atoms with Gasteiger partial charge >= 0.3 is 0 Å². The van der Waals surface area contributed by atoms with Crippen LogP contribution in [0.3, 0.4) is 0 Å². The zero-order chi connectivity index (χ0) is 24.9. The number of nitriles is 1. The van der Waals surface area contributed by atoms with E-state index in [1.165, 1.54) is 31.2 Å². The second-order valence-corrected chi connectivity index (χ2v) is 9.12. The topological polar surface area (TPSA) is 70.9 Å². The van der Waals surface area contributed by atoms with Crippen molar-refractivity contribution in [3.05, 3.63) is 76.9 Å². The summed E-state index contributed by atoms with van der Waals surface area (Å²) in [5.41, 5.74) is 9.04. The summed E-state index contributed by atoms with van der Waals surface area (Å²) in [5, 5.41) is 9.90.